The van der Waals surface area contributed by atoms with Crippen LogP contribution in [0.25, 0.3) is 10.2 Å². The maximum absolute atomic E-state index is 12.5. The summed E-state index contributed by atoms with van der Waals surface area (Å²) in [5.74, 6) is 2.03. The molecule has 1 saturated carbocycles. The van der Waals surface area contributed by atoms with Gasteiger partial charge in [0.15, 0.2) is 5.78 Å². The van der Waals surface area contributed by atoms with E-state index in [4.69, 9.17) is 9.97 Å². The molecule has 1 aromatic carbocycles. The number of benzene rings is 1. The number of thioether (sulfide) groups is 1. The summed E-state index contributed by atoms with van der Waals surface area (Å²) >= 11 is 3.29. The molecule has 1 fully saturated rings. The van der Waals surface area contributed by atoms with Gasteiger partial charge in [-0.1, -0.05) is 41.6 Å². The van der Waals surface area contributed by atoms with E-state index in [9.17, 15) is 4.79 Å². The molecule has 128 valence electrons. The summed E-state index contributed by atoms with van der Waals surface area (Å²) in [7, 11) is 0. The predicted molar refractivity (Wildman–Crippen MR) is 105 cm³/mol. The standard InChI is InChI=1S/C20H20N2OS2/c1-11-4-6-14(7-5-11)16(23)10-24-19-17-12(2)13(3)25-20(17)22-18(21-19)15-8-9-15/h4-7,15H,8-10H2,1-3H3. The van der Waals surface area contributed by atoms with Crippen LogP contribution >= 0.6 is 23.1 Å². The summed E-state index contributed by atoms with van der Waals surface area (Å²) in [4.78, 5) is 24.5. The summed E-state index contributed by atoms with van der Waals surface area (Å²) in [6.07, 6.45) is 2.36. The third-order valence-electron chi connectivity index (χ3n) is 4.67. The zero-order valence-electron chi connectivity index (χ0n) is 14.6. The number of aromatic nitrogens is 2. The van der Waals surface area contributed by atoms with E-state index in [1.165, 1.54) is 28.8 Å². The van der Waals surface area contributed by atoms with E-state index >= 15 is 0 Å². The summed E-state index contributed by atoms with van der Waals surface area (Å²) in [5, 5.41) is 2.10. The van der Waals surface area contributed by atoms with Crippen LogP contribution in [-0.2, 0) is 0 Å². The zero-order valence-corrected chi connectivity index (χ0v) is 16.3. The number of hydrogen-bond acceptors (Lipinski definition) is 5. The van der Waals surface area contributed by atoms with Crippen molar-refractivity contribution < 1.29 is 4.79 Å². The van der Waals surface area contributed by atoms with Gasteiger partial charge in [0.05, 0.1) is 5.75 Å². The summed E-state index contributed by atoms with van der Waals surface area (Å²) in [6.45, 7) is 6.28. The fourth-order valence-corrected chi connectivity index (χ4v) is 4.90. The molecule has 0 spiro atoms. The second-order valence-electron chi connectivity index (χ2n) is 6.70. The number of aryl methyl sites for hydroxylation is 3. The summed E-state index contributed by atoms with van der Waals surface area (Å²) in [6, 6.07) is 7.78. The molecule has 2 aromatic heterocycles. The van der Waals surface area contributed by atoms with Gasteiger partial charge in [-0.3, -0.25) is 4.79 Å². The Labute approximate surface area is 155 Å². The van der Waals surface area contributed by atoms with Gasteiger partial charge in [-0.05, 0) is 39.2 Å². The van der Waals surface area contributed by atoms with Crippen molar-refractivity contribution in [1.82, 2.24) is 9.97 Å². The molecule has 5 heteroatoms. The van der Waals surface area contributed by atoms with Crippen LogP contribution in [0, 0.1) is 20.8 Å². The monoisotopic (exact) mass is 368 g/mol. The molecule has 2 heterocycles. The van der Waals surface area contributed by atoms with Crippen molar-refractivity contribution in [2.45, 2.75) is 44.6 Å². The topological polar surface area (TPSA) is 42.9 Å². The molecule has 0 bridgehead atoms. The normalized spacial score (nSPS) is 14.2. The quantitative estimate of drug-likeness (QED) is 0.340. The molecule has 0 atom stereocenters. The number of hydrogen-bond donors (Lipinski definition) is 0. The van der Waals surface area contributed by atoms with E-state index in [0.717, 1.165) is 26.6 Å². The molecule has 4 rings (SSSR count). The Morgan fingerprint density at radius 1 is 1.16 bits per heavy atom. The van der Waals surface area contributed by atoms with Gasteiger partial charge >= 0.3 is 0 Å². The van der Waals surface area contributed by atoms with Crippen LogP contribution in [0.3, 0.4) is 0 Å². The fraction of sp³-hybridized carbons (Fsp3) is 0.350. The SMILES string of the molecule is Cc1ccc(C(=O)CSc2nc(C3CC3)nc3sc(C)c(C)c23)cc1. The second-order valence-corrected chi connectivity index (χ2v) is 8.87. The van der Waals surface area contributed by atoms with Crippen molar-refractivity contribution in [3.8, 4) is 0 Å². The summed E-state index contributed by atoms with van der Waals surface area (Å²) in [5.41, 5.74) is 3.18. The van der Waals surface area contributed by atoms with Crippen LogP contribution in [0.2, 0.25) is 0 Å². The van der Waals surface area contributed by atoms with Crippen molar-refractivity contribution >= 4 is 39.1 Å². The Morgan fingerprint density at radius 3 is 2.56 bits per heavy atom. The molecule has 0 aliphatic heterocycles. The van der Waals surface area contributed by atoms with Gasteiger partial charge in [0.25, 0.3) is 0 Å². The van der Waals surface area contributed by atoms with E-state index < -0.39 is 0 Å². The fourth-order valence-electron chi connectivity index (χ4n) is 2.81. The van der Waals surface area contributed by atoms with E-state index in [1.807, 2.05) is 31.2 Å². The highest BCUT2D eigenvalue weighted by atomic mass is 32.2. The zero-order chi connectivity index (χ0) is 17.6. The molecule has 0 radical (unpaired) electrons. The van der Waals surface area contributed by atoms with Gasteiger partial charge < -0.3 is 0 Å². The van der Waals surface area contributed by atoms with Crippen molar-refractivity contribution in [3.05, 3.63) is 51.7 Å². The minimum atomic E-state index is 0.148. The van der Waals surface area contributed by atoms with Gasteiger partial charge in [-0.15, -0.1) is 11.3 Å². The molecule has 1 aliphatic rings. The highest BCUT2D eigenvalue weighted by Gasteiger charge is 2.28. The lowest BCUT2D eigenvalue weighted by Crippen LogP contribution is -2.03. The van der Waals surface area contributed by atoms with E-state index in [1.54, 1.807) is 23.1 Å². The molecule has 0 unspecified atom stereocenters. The van der Waals surface area contributed by atoms with Crippen molar-refractivity contribution in [1.29, 1.82) is 0 Å². The van der Waals surface area contributed by atoms with Crippen LogP contribution in [0.15, 0.2) is 29.3 Å². The van der Waals surface area contributed by atoms with E-state index in [2.05, 4.69) is 13.8 Å². The minimum Gasteiger partial charge on any atom is -0.293 e. The van der Waals surface area contributed by atoms with Crippen LogP contribution in [0.4, 0.5) is 0 Å². The number of fused-ring (bicyclic) bond motifs is 1. The molecule has 0 saturated heterocycles. The largest absolute Gasteiger partial charge is 0.293 e. The average molecular weight is 369 g/mol. The van der Waals surface area contributed by atoms with Crippen molar-refractivity contribution in [2.24, 2.45) is 0 Å². The lowest BCUT2D eigenvalue weighted by molar-refractivity contribution is 0.102. The second kappa shape index (κ2) is 6.54. The average Bonchev–Trinajstić information content (AvgIpc) is 3.40. The van der Waals surface area contributed by atoms with Crippen molar-refractivity contribution in [3.63, 3.8) is 0 Å². The molecular weight excluding hydrogens is 348 g/mol. The van der Waals surface area contributed by atoms with E-state index in [0.29, 0.717) is 11.7 Å². The lowest BCUT2D eigenvalue weighted by Gasteiger charge is -2.06. The molecule has 3 aromatic rings. The number of rotatable bonds is 5. The number of nitrogens with zero attached hydrogens (tertiary/aromatic N) is 2. The maximum atomic E-state index is 12.5. The van der Waals surface area contributed by atoms with Crippen molar-refractivity contribution in [2.75, 3.05) is 5.75 Å². The van der Waals surface area contributed by atoms with Gasteiger partial charge in [0.1, 0.15) is 15.7 Å². The highest BCUT2D eigenvalue weighted by molar-refractivity contribution is 8.00. The first-order valence-electron chi connectivity index (χ1n) is 8.53. The third kappa shape index (κ3) is 3.35. The predicted octanol–water partition coefficient (Wildman–Crippen LogP) is 5.47. The molecule has 25 heavy (non-hydrogen) atoms. The minimum absolute atomic E-state index is 0.148. The Kier molecular flexibility index (Phi) is 4.38. The number of thiophene rings is 1. The van der Waals surface area contributed by atoms with Gasteiger partial charge in [-0.25, -0.2) is 9.97 Å². The molecular formula is C20H20N2OS2. The van der Waals surface area contributed by atoms with Gasteiger partial charge in [-0.2, -0.15) is 0 Å². The molecule has 0 amide bonds. The first kappa shape index (κ1) is 16.7. The third-order valence-corrected chi connectivity index (χ3v) is 6.75. The van der Waals surface area contributed by atoms with Crippen LogP contribution in [0.5, 0.6) is 0 Å². The van der Waals surface area contributed by atoms with E-state index in [-0.39, 0.29) is 5.78 Å². The van der Waals surface area contributed by atoms with Crippen LogP contribution in [-0.4, -0.2) is 21.5 Å². The number of carbonyl (C=O) groups excluding carboxylic acids is 1. The molecule has 0 N–H and O–H groups in total. The number of carbonyl (C=O) groups is 1. The Bertz CT molecular complexity index is 956. The molecule has 3 nitrogen and oxygen atoms in total. The molecule has 1 aliphatic carbocycles. The Morgan fingerprint density at radius 2 is 1.88 bits per heavy atom. The Hall–Kier alpha value is -1.72. The van der Waals surface area contributed by atoms with Crippen LogP contribution in [0.1, 0.15) is 50.9 Å². The Balaban J connectivity index is 1.63. The smallest absolute Gasteiger partial charge is 0.173 e. The first-order valence-corrected chi connectivity index (χ1v) is 10.3. The summed E-state index contributed by atoms with van der Waals surface area (Å²) < 4.78 is 0. The highest BCUT2D eigenvalue weighted by Crippen LogP contribution is 2.42. The first-order chi connectivity index (χ1) is 12.0. The lowest BCUT2D eigenvalue weighted by atomic mass is 10.1. The maximum Gasteiger partial charge on any atom is 0.173 e. The van der Waals surface area contributed by atoms with Gasteiger partial charge in [0, 0.05) is 21.7 Å². The number of Topliss-reactive ketones (excluding diaryl/α,β-unsaturated/α-hetero) is 1. The van der Waals surface area contributed by atoms with Gasteiger partial charge in [0.2, 0.25) is 0 Å². The number of ketones is 1. The van der Waals surface area contributed by atoms with Crippen LogP contribution < -0.4 is 0 Å².